The van der Waals surface area contributed by atoms with Gasteiger partial charge in [0.1, 0.15) is 6.61 Å². The van der Waals surface area contributed by atoms with Gasteiger partial charge in [-0.15, -0.1) is 0 Å². The largest absolute Gasteiger partial charge is 0.479 e. The third-order valence-electron chi connectivity index (χ3n) is 2.53. The zero-order valence-electron chi connectivity index (χ0n) is 11.8. The Bertz CT molecular complexity index is 521. The number of halogens is 1. The van der Waals surface area contributed by atoms with E-state index in [0.717, 1.165) is 5.56 Å². The Morgan fingerprint density at radius 1 is 1.27 bits per heavy atom. The maximum atomic E-state index is 12.7. The number of ether oxygens (including phenoxy) is 2. The molecular weight excluding hydrogens is 297 g/mol. The quantitative estimate of drug-likeness (QED) is 0.735. The van der Waals surface area contributed by atoms with Crippen LogP contribution in [0.15, 0.2) is 30.3 Å². The minimum atomic E-state index is -2.24. The molecule has 8 heteroatoms. The topological polar surface area (TPSA) is 102 Å². The van der Waals surface area contributed by atoms with Crippen molar-refractivity contribution in [3.8, 4) is 0 Å². The Hall–Kier alpha value is -2.64. The molecule has 0 radical (unpaired) electrons. The van der Waals surface area contributed by atoms with Gasteiger partial charge in [0.2, 0.25) is 6.17 Å². The molecule has 1 unspecified atom stereocenters. The fourth-order valence-corrected chi connectivity index (χ4v) is 1.36. The first-order valence-corrected chi connectivity index (χ1v) is 6.42. The maximum absolute atomic E-state index is 12.7. The number of hydrogen-bond donors (Lipinski definition) is 2. The summed E-state index contributed by atoms with van der Waals surface area (Å²) in [7, 11) is 0. The molecular formula is C14H16FNO6. The molecule has 0 fully saturated rings. The lowest BCUT2D eigenvalue weighted by molar-refractivity contribution is -0.154. The van der Waals surface area contributed by atoms with Gasteiger partial charge in [-0.2, -0.15) is 0 Å². The lowest BCUT2D eigenvalue weighted by atomic mass is 10.2. The van der Waals surface area contributed by atoms with Crippen molar-refractivity contribution in [1.29, 1.82) is 0 Å². The van der Waals surface area contributed by atoms with E-state index in [1.54, 1.807) is 24.3 Å². The van der Waals surface area contributed by atoms with Crippen LogP contribution in [-0.4, -0.2) is 42.0 Å². The van der Waals surface area contributed by atoms with Crippen molar-refractivity contribution in [3.63, 3.8) is 0 Å². The molecule has 1 aromatic carbocycles. The fourth-order valence-electron chi connectivity index (χ4n) is 1.36. The number of aliphatic carboxylic acids is 1. The van der Waals surface area contributed by atoms with E-state index in [1.807, 2.05) is 11.4 Å². The van der Waals surface area contributed by atoms with Crippen LogP contribution < -0.4 is 5.32 Å². The molecule has 2 N–H and O–H groups in total. The average Bonchev–Trinajstić information content (AvgIpc) is 2.50. The van der Waals surface area contributed by atoms with Gasteiger partial charge in [-0.25, -0.2) is 18.8 Å². The van der Waals surface area contributed by atoms with Crippen LogP contribution in [0.5, 0.6) is 0 Å². The molecule has 0 heterocycles. The number of alkyl carbamates (subject to hydrolysis) is 1. The summed E-state index contributed by atoms with van der Waals surface area (Å²) in [6.07, 6.45) is -4.55. The van der Waals surface area contributed by atoms with Gasteiger partial charge in [0.15, 0.2) is 6.10 Å². The summed E-state index contributed by atoms with van der Waals surface area (Å²) in [5.41, 5.74) is 0.772. The molecule has 2 atom stereocenters. The number of rotatable bonds is 7. The predicted molar refractivity (Wildman–Crippen MR) is 72.7 cm³/mol. The van der Waals surface area contributed by atoms with Crippen molar-refractivity contribution in [1.82, 2.24) is 5.32 Å². The van der Waals surface area contributed by atoms with E-state index in [4.69, 9.17) is 9.84 Å². The molecule has 0 saturated heterocycles. The third-order valence-corrected chi connectivity index (χ3v) is 2.53. The van der Waals surface area contributed by atoms with Crippen molar-refractivity contribution in [2.45, 2.75) is 25.8 Å². The highest BCUT2D eigenvalue weighted by Gasteiger charge is 2.21. The van der Waals surface area contributed by atoms with Crippen LogP contribution in [-0.2, 0) is 25.7 Å². The first kappa shape index (κ1) is 17.4. The summed E-state index contributed by atoms with van der Waals surface area (Å²) in [4.78, 5) is 33.1. The zero-order valence-corrected chi connectivity index (χ0v) is 11.8. The number of carbonyl (C=O) groups is 3. The second kappa shape index (κ2) is 8.60. The minimum Gasteiger partial charge on any atom is -0.479 e. The van der Waals surface area contributed by atoms with Crippen LogP contribution in [0.1, 0.15) is 12.5 Å². The Balaban J connectivity index is 2.31. The monoisotopic (exact) mass is 313 g/mol. The highest BCUT2D eigenvalue weighted by molar-refractivity contribution is 5.79. The Morgan fingerprint density at radius 3 is 2.50 bits per heavy atom. The molecule has 0 bridgehead atoms. The molecule has 0 aliphatic carbocycles. The normalized spacial score (nSPS) is 12.8. The van der Waals surface area contributed by atoms with Gasteiger partial charge in [0, 0.05) is 0 Å². The molecule has 0 aliphatic rings. The summed E-state index contributed by atoms with van der Waals surface area (Å²) in [6, 6.07) is 8.91. The standard InChI is InChI=1S/C14H16FNO6/c1-9(22-14(20)16-7-11(15)12(17)18)13(19)21-8-10-5-3-2-4-6-10/h2-6,9,11H,7-8H2,1H3,(H,16,20)(H,17,18)/t9-,11?/m0/s1. The molecule has 120 valence electrons. The second-order valence-electron chi connectivity index (χ2n) is 4.33. The number of nitrogens with one attached hydrogen (secondary N) is 1. The molecule has 1 aromatic rings. The SMILES string of the molecule is C[C@H](OC(=O)NCC(F)C(=O)O)C(=O)OCc1ccccc1. The van der Waals surface area contributed by atoms with Gasteiger partial charge >= 0.3 is 18.0 Å². The Morgan fingerprint density at radius 2 is 1.91 bits per heavy atom. The summed E-state index contributed by atoms with van der Waals surface area (Å²) in [6.45, 7) is 0.567. The Labute approximate surface area is 126 Å². The van der Waals surface area contributed by atoms with Gasteiger partial charge in [-0.05, 0) is 12.5 Å². The van der Waals surface area contributed by atoms with E-state index in [0.29, 0.717) is 0 Å². The van der Waals surface area contributed by atoms with Crippen molar-refractivity contribution in [2.24, 2.45) is 0 Å². The van der Waals surface area contributed by atoms with Gasteiger partial charge in [0.05, 0.1) is 6.54 Å². The summed E-state index contributed by atoms with van der Waals surface area (Å²) >= 11 is 0. The lowest BCUT2D eigenvalue weighted by Gasteiger charge is -2.13. The Kier molecular flexibility index (Phi) is 6.81. The number of carboxylic acids is 1. The van der Waals surface area contributed by atoms with Crippen LogP contribution in [0.3, 0.4) is 0 Å². The molecule has 1 rings (SSSR count). The number of hydrogen-bond acceptors (Lipinski definition) is 5. The number of amides is 1. The molecule has 0 aromatic heterocycles. The van der Waals surface area contributed by atoms with Gasteiger partial charge in [0.25, 0.3) is 0 Å². The van der Waals surface area contributed by atoms with Crippen molar-refractivity contribution >= 4 is 18.0 Å². The number of esters is 1. The van der Waals surface area contributed by atoms with E-state index < -0.39 is 36.9 Å². The predicted octanol–water partition coefficient (Wildman–Crippen LogP) is 1.27. The minimum absolute atomic E-state index is 0.0283. The number of benzene rings is 1. The first-order valence-electron chi connectivity index (χ1n) is 6.42. The second-order valence-corrected chi connectivity index (χ2v) is 4.33. The highest BCUT2D eigenvalue weighted by Crippen LogP contribution is 2.03. The number of alkyl halides is 1. The van der Waals surface area contributed by atoms with Crippen LogP contribution in [0.2, 0.25) is 0 Å². The smallest absolute Gasteiger partial charge is 0.408 e. The summed E-state index contributed by atoms with van der Waals surface area (Å²) < 4.78 is 22.3. The summed E-state index contributed by atoms with van der Waals surface area (Å²) in [5.74, 6) is -2.47. The fraction of sp³-hybridized carbons (Fsp3) is 0.357. The maximum Gasteiger partial charge on any atom is 0.408 e. The lowest BCUT2D eigenvalue weighted by Crippen LogP contribution is -2.37. The van der Waals surface area contributed by atoms with Gasteiger partial charge in [-0.3, -0.25) is 0 Å². The van der Waals surface area contributed by atoms with Crippen LogP contribution in [0.4, 0.5) is 9.18 Å². The molecule has 22 heavy (non-hydrogen) atoms. The molecule has 0 spiro atoms. The zero-order chi connectivity index (χ0) is 16.5. The van der Waals surface area contributed by atoms with Crippen molar-refractivity contribution in [3.05, 3.63) is 35.9 Å². The van der Waals surface area contributed by atoms with E-state index in [2.05, 4.69) is 4.74 Å². The summed E-state index contributed by atoms with van der Waals surface area (Å²) in [5, 5.41) is 10.2. The van der Waals surface area contributed by atoms with E-state index >= 15 is 0 Å². The average molecular weight is 313 g/mol. The van der Waals surface area contributed by atoms with E-state index in [-0.39, 0.29) is 6.61 Å². The first-order chi connectivity index (χ1) is 10.4. The molecule has 7 nitrogen and oxygen atoms in total. The van der Waals surface area contributed by atoms with Gasteiger partial charge in [-0.1, -0.05) is 30.3 Å². The third kappa shape index (κ3) is 6.21. The van der Waals surface area contributed by atoms with E-state index in [9.17, 15) is 18.8 Å². The van der Waals surface area contributed by atoms with E-state index in [1.165, 1.54) is 6.92 Å². The highest BCUT2D eigenvalue weighted by atomic mass is 19.1. The molecule has 1 amide bonds. The van der Waals surface area contributed by atoms with Gasteiger partial charge < -0.3 is 19.9 Å². The molecule has 0 saturated carbocycles. The number of carbonyl (C=O) groups excluding carboxylic acids is 2. The van der Waals surface area contributed by atoms with Crippen molar-refractivity contribution < 1.29 is 33.4 Å². The molecule has 0 aliphatic heterocycles. The van der Waals surface area contributed by atoms with Crippen LogP contribution >= 0.6 is 0 Å². The number of carboxylic acid groups (broad SMARTS) is 1. The van der Waals surface area contributed by atoms with Crippen LogP contribution in [0.25, 0.3) is 0 Å². The van der Waals surface area contributed by atoms with Crippen molar-refractivity contribution in [2.75, 3.05) is 6.54 Å². The van der Waals surface area contributed by atoms with Crippen LogP contribution in [0, 0.1) is 0 Å².